The molecule has 3 rings (SSSR count). The molecule has 0 fully saturated rings. The van der Waals surface area contributed by atoms with E-state index in [4.69, 9.17) is 19.7 Å². The summed E-state index contributed by atoms with van der Waals surface area (Å²) in [6.45, 7) is -0.308. The molecule has 1 heterocycles. The summed E-state index contributed by atoms with van der Waals surface area (Å²) in [5.41, 5.74) is 6.67. The van der Waals surface area contributed by atoms with Crippen molar-refractivity contribution in [1.29, 1.82) is 0 Å². The van der Waals surface area contributed by atoms with Crippen LogP contribution in [0.3, 0.4) is 0 Å². The molecule has 3 aromatic rings. The van der Waals surface area contributed by atoms with Gasteiger partial charge >= 0.3 is 0 Å². The van der Waals surface area contributed by atoms with E-state index in [9.17, 15) is 14.4 Å². The van der Waals surface area contributed by atoms with Crippen LogP contribution in [0.15, 0.2) is 59.1 Å². The standard InChI is InChI=1S/C22H22N4O6/c1-30-19-9-14(7-8-17(19)31-13-20(23)27)11-24-21(28)12-25-22(29)16-10-18(32-26-16)15-5-3-2-4-6-15/h2-10H,11-13H2,1H3,(H2,23,27)(H,24,28)(H,25,29). The van der Waals surface area contributed by atoms with Crippen LogP contribution in [0.2, 0.25) is 0 Å². The van der Waals surface area contributed by atoms with Crippen LogP contribution in [0.5, 0.6) is 11.5 Å². The van der Waals surface area contributed by atoms with Gasteiger partial charge in [-0.3, -0.25) is 14.4 Å². The van der Waals surface area contributed by atoms with Gasteiger partial charge < -0.3 is 30.4 Å². The summed E-state index contributed by atoms with van der Waals surface area (Å²) in [7, 11) is 1.46. The van der Waals surface area contributed by atoms with E-state index >= 15 is 0 Å². The van der Waals surface area contributed by atoms with Gasteiger partial charge in [0, 0.05) is 18.2 Å². The Morgan fingerprint density at radius 2 is 1.81 bits per heavy atom. The van der Waals surface area contributed by atoms with E-state index in [0.717, 1.165) is 11.1 Å². The zero-order valence-electron chi connectivity index (χ0n) is 17.3. The number of nitrogens with one attached hydrogen (secondary N) is 2. The van der Waals surface area contributed by atoms with Crippen LogP contribution in [0, 0.1) is 0 Å². The maximum atomic E-state index is 12.2. The van der Waals surface area contributed by atoms with Gasteiger partial charge in [-0.05, 0) is 17.7 Å². The Labute approximate surface area is 183 Å². The number of rotatable bonds is 10. The van der Waals surface area contributed by atoms with Crippen molar-refractivity contribution in [2.45, 2.75) is 6.54 Å². The van der Waals surface area contributed by atoms with Gasteiger partial charge in [-0.1, -0.05) is 41.6 Å². The van der Waals surface area contributed by atoms with E-state index in [1.165, 1.54) is 13.2 Å². The third-order valence-electron chi connectivity index (χ3n) is 4.30. The molecule has 10 nitrogen and oxygen atoms in total. The number of benzene rings is 2. The molecule has 0 atom stereocenters. The van der Waals surface area contributed by atoms with Crippen molar-refractivity contribution < 1.29 is 28.4 Å². The highest BCUT2D eigenvalue weighted by atomic mass is 16.5. The molecule has 166 valence electrons. The minimum Gasteiger partial charge on any atom is -0.493 e. The minimum absolute atomic E-state index is 0.0768. The molecule has 10 heteroatoms. The second-order valence-electron chi connectivity index (χ2n) is 6.64. The molecule has 0 bridgehead atoms. The quantitative estimate of drug-likeness (QED) is 0.432. The number of carbonyl (C=O) groups is 3. The first-order valence-electron chi connectivity index (χ1n) is 9.61. The van der Waals surface area contributed by atoms with Gasteiger partial charge in [-0.15, -0.1) is 0 Å². The van der Waals surface area contributed by atoms with E-state index in [-0.39, 0.29) is 25.4 Å². The molecular weight excluding hydrogens is 416 g/mol. The van der Waals surface area contributed by atoms with Gasteiger partial charge in [0.05, 0.1) is 13.7 Å². The van der Waals surface area contributed by atoms with E-state index in [2.05, 4.69) is 15.8 Å². The molecular formula is C22H22N4O6. The Hall–Kier alpha value is -4.34. The smallest absolute Gasteiger partial charge is 0.273 e. The van der Waals surface area contributed by atoms with Crippen molar-refractivity contribution in [3.05, 3.63) is 65.9 Å². The first kappa shape index (κ1) is 22.3. The average molecular weight is 438 g/mol. The number of methoxy groups -OCH3 is 1. The highest BCUT2D eigenvalue weighted by Crippen LogP contribution is 2.28. The van der Waals surface area contributed by atoms with Crippen LogP contribution in [-0.2, 0) is 16.1 Å². The lowest BCUT2D eigenvalue weighted by molar-refractivity contribution is -0.120. The molecule has 0 unspecified atom stereocenters. The summed E-state index contributed by atoms with van der Waals surface area (Å²) in [6, 6.07) is 15.7. The van der Waals surface area contributed by atoms with Crippen LogP contribution >= 0.6 is 0 Å². The molecule has 0 aliphatic carbocycles. The molecule has 4 N–H and O–H groups in total. The van der Waals surface area contributed by atoms with Gasteiger partial charge in [-0.25, -0.2) is 0 Å². The lowest BCUT2D eigenvalue weighted by atomic mass is 10.1. The highest BCUT2D eigenvalue weighted by Gasteiger charge is 2.15. The first-order valence-corrected chi connectivity index (χ1v) is 9.61. The maximum absolute atomic E-state index is 12.2. The Morgan fingerprint density at radius 1 is 1.03 bits per heavy atom. The highest BCUT2D eigenvalue weighted by molar-refractivity contribution is 5.95. The number of hydrogen-bond donors (Lipinski definition) is 3. The fourth-order valence-corrected chi connectivity index (χ4v) is 2.73. The topological polar surface area (TPSA) is 146 Å². The molecule has 0 saturated carbocycles. The van der Waals surface area contributed by atoms with E-state index in [1.54, 1.807) is 18.2 Å². The molecule has 3 amide bonds. The van der Waals surface area contributed by atoms with E-state index < -0.39 is 17.7 Å². The Bertz CT molecular complexity index is 1100. The van der Waals surface area contributed by atoms with Crippen molar-refractivity contribution in [3.8, 4) is 22.8 Å². The number of aromatic nitrogens is 1. The Balaban J connectivity index is 1.48. The molecule has 0 aliphatic heterocycles. The van der Waals surface area contributed by atoms with Crippen molar-refractivity contribution in [3.63, 3.8) is 0 Å². The summed E-state index contributed by atoms with van der Waals surface area (Å²) < 4.78 is 15.7. The Morgan fingerprint density at radius 3 is 2.53 bits per heavy atom. The summed E-state index contributed by atoms with van der Waals surface area (Å²) in [6.07, 6.45) is 0. The Kier molecular flexibility index (Phi) is 7.42. The number of hydrogen-bond acceptors (Lipinski definition) is 7. The lowest BCUT2D eigenvalue weighted by Gasteiger charge is -2.12. The number of carbonyl (C=O) groups excluding carboxylic acids is 3. The van der Waals surface area contributed by atoms with Crippen LogP contribution in [-0.4, -0.2) is 43.1 Å². The third kappa shape index (κ3) is 6.08. The summed E-state index contributed by atoms with van der Waals surface area (Å²) in [5.74, 6) is -0.311. The maximum Gasteiger partial charge on any atom is 0.273 e. The number of ether oxygens (including phenoxy) is 2. The molecule has 0 radical (unpaired) electrons. The van der Waals surface area contributed by atoms with Gasteiger partial charge in [0.1, 0.15) is 0 Å². The zero-order chi connectivity index (χ0) is 22.9. The van der Waals surface area contributed by atoms with Crippen molar-refractivity contribution >= 4 is 17.7 Å². The zero-order valence-corrected chi connectivity index (χ0v) is 17.3. The fourth-order valence-electron chi connectivity index (χ4n) is 2.73. The predicted molar refractivity (Wildman–Crippen MR) is 114 cm³/mol. The number of nitrogens with zero attached hydrogens (tertiary/aromatic N) is 1. The molecule has 1 aromatic heterocycles. The second-order valence-corrected chi connectivity index (χ2v) is 6.64. The third-order valence-corrected chi connectivity index (χ3v) is 4.30. The van der Waals surface area contributed by atoms with Gasteiger partial charge in [0.15, 0.2) is 29.6 Å². The van der Waals surface area contributed by atoms with E-state index in [1.807, 2.05) is 30.3 Å². The summed E-state index contributed by atoms with van der Waals surface area (Å²) in [4.78, 5) is 35.2. The second kappa shape index (κ2) is 10.6. The van der Waals surface area contributed by atoms with Crippen molar-refractivity contribution in [2.75, 3.05) is 20.3 Å². The van der Waals surface area contributed by atoms with Crippen molar-refractivity contribution in [1.82, 2.24) is 15.8 Å². The minimum atomic E-state index is -0.604. The van der Waals surface area contributed by atoms with E-state index in [0.29, 0.717) is 17.3 Å². The summed E-state index contributed by atoms with van der Waals surface area (Å²) in [5, 5.41) is 8.93. The normalized spacial score (nSPS) is 10.3. The van der Waals surface area contributed by atoms with Crippen LogP contribution in [0.4, 0.5) is 0 Å². The average Bonchev–Trinajstić information content (AvgIpc) is 3.31. The van der Waals surface area contributed by atoms with Crippen molar-refractivity contribution in [2.24, 2.45) is 5.73 Å². The number of primary amides is 1. The molecule has 0 aliphatic rings. The lowest BCUT2D eigenvalue weighted by Crippen LogP contribution is -2.36. The number of nitrogens with two attached hydrogens (primary N) is 1. The van der Waals surface area contributed by atoms with Gasteiger partial charge in [-0.2, -0.15) is 0 Å². The summed E-state index contributed by atoms with van der Waals surface area (Å²) >= 11 is 0. The SMILES string of the molecule is COc1cc(CNC(=O)CNC(=O)c2cc(-c3ccccc3)on2)ccc1OCC(N)=O. The number of amides is 3. The van der Waals surface area contributed by atoms with Crippen LogP contribution in [0.25, 0.3) is 11.3 Å². The van der Waals surface area contributed by atoms with Crippen LogP contribution < -0.4 is 25.8 Å². The van der Waals surface area contributed by atoms with Crippen LogP contribution in [0.1, 0.15) is 16.1 Å². The van der Waals surface area contributed by atoms with Gasteiger partial charge in [0.2, 0.25) is 5.91 Å². The predicted octanol–water partition coefficient (Wildman–Crippen LogP) is 1.26. The fraction of sp³-hybridized carbons (Fsp3) is 0.182. The molecule has 0 saturated heterocycles. The molecule has 0 spiro atoms. The largest absolute Gasteiger partial charge is 0.493 e. The molecule has 32 heavy (non-hydrogen) atoms. The van der Waals surface area contributed by atoms with Gasteiger partial charge in [0.25, 0.3) is 11.8 Å². The molecule has 2 aromatic carbocycles. The monoisotopic (exact) mass is 438 g/mol. The first-order chi connectivity index (χ1) is 15.5.